The Balaban J connectivity index is 1.69. The molecule has 0 aliphatic carbocycles. The van der Waals surface area contributed by atoms with E-state index in [1.165, 1.54) is 12.1 Å². The van der Waals surface area contributed by atoms with Gasteiger partial charge in [0.05, 0.1) is 23.4 Å². The highest BCUT2D eigenvalue weighted by atomic mass is 19.1. The Bertz CT molecular complexity index is 1230. The molecule has 0 aromatic heterocycles. The van der Waals surface area contributed by atoms with Gasteiger partial charge in [0.2, 0.25) is 0 Å². The van der Waals surface area contributed by atoms with E-state index in [0.717, 1.165) is 33.2 Å². The zero-order chi connectivity index (χ0) is 19.5. The quantitative estimate of drug-likeness (QED) is 0.322. The number of nitrogens with zero attached hydrogens (tertiary/aromatic N) is 2. The highest BCUT2D eigenvalue weighted by molar-refractivity contribution is 6.13. The van der Waals surface area contributed by atoms with E-state index in [1.807, 2.05) is 54.6 Å². The van der Waals surface area contributed by atoms with Crippen LogP contribution in [0.5, 0.6) is 0 Å². The smallest absolute Gasteiger partial charge is 0.267 e. The minimum atomic E-state index is -0.762. The van der Waals surface area contributed by atoms with Crippen LogP contribution in [0.2, 0.25) is 0 Å². The minimum absolute atomic E-state index is 0.153. The number of hydrazone groups is 1. The average Bonchev–Trinajstić information content (AvgIpc) is 2.73. The van der Waals surface area contributed by atoms with Crippen LogP contribution in [0, 0.1) is 17.1 Å². The lowest BCUT2D eigenvalue weighted by atomic mass is 9.97. The maximum Gasteiger partial charge on any atom is 0.274 e. The monoisotopic (exact) mass is 367 g/mol. The molecular weight excluding hydrogens is 353 g/mol. The van der Waals surface area contributed by atoms with Gasteiger partial charge in [-0.1, -0.05) is 48.5 Å². The topological polar surface area (TPSA) is 65.2 Å². The standard InChI is InChI=1S/C23H14FN3O/c24-22-11-15(13-25)9-10-20(22)23(28)27-26-14-21-18-7-3-1-5-16(18)12-17-6-2-4-8-19(17)21/h1-12,14H,(H,27,28)/b26-14+. The Morgan fingerprint density at radius 1 is 0.964 bits per heavy atom. The highest BCUT2D eigenvalue weighted by Gasteiger charge is 2.12. The number of nitriles is 1. The van der Waals surface area contributed by atoms with Crippen molar-refractivity contribution in [3.05, 3.63) is 95.3 Å². The van der Waals surface area contributed by atoms with E-state index in [1.54, 1.807) is 6.21 Å². The molecule has 0 bridgehead atoms. The van der Waals surface area contributed by atoms with Crippen molar-refractivity contribution in [2.75, 3.05) is 0 Å². The summed E-state index contributed by atoms with van der Waals surface area (Å²) in [5.74, 6) is -1.44. The summed E-state index contributed by atoms with van der Waals surface area (Å²) in [6, 6.07) is 23.5. The maximum atomic E-state index is 14.0. The predicted octanol–water partition coefficient (Wildman–Crippen LogP) is 4.77. The Kier molecular flexibility index (Phi) is 4.53. The van der Waals surface area contributed by atoms with Crippen molar-refractivity contribution < 1.29 is 9.18 Å². The van der Waals surface area contributed by atoms with Crippen LogP contribution in [0.1, 0.15) is 21.5 Å². The third kappa shape index (κ3) is 3.19. The van der Waals surface area contributed by atoms with E-state index in [4.69, 9.17) is 5.26 Å². The largest absolute Gasteiger partial charge is 0.274 e. The van der Waals surface area contributed by atoms with Gasteiger partial charge in [-0.05, 0) is 45.8 Å². The van der Waals surface area contributed by atoms with E-state index in [9.17, 15) is 9.18 Å². The first-order valence-corrected chi connectivity index (χ1v) is 8.61. The third-order valence-electron chi connectivity index (χ3n) is 4.52. The molecule has 4 nitrogen and oxygen atoms in total. The van der Waals surface area contributed by atoms with E-state index in [0.29, 0.717) is 0 Å². The van der Waals surface area contributed by atoms with Crippen molar-refractivity contribution in [2.45, 2.75) is 0 Å². The van der Waals surface area contributed by atoms with Crippen LogP contribution in [-0.2, 0) is 0 Å². The Labute approximate surface area is 160 Å². The number of halogens is 1. The van der Waals surface area contributed by atoms with Crippen molar-refractivity contribution in [3.8, 4) is 6.07 Å². The number of carbonyl (C=O) groups excluding carboxylic acids is 1. The highest BCUT2D eigenvalue weighted by Crippen LogP contribution is 2.27. The number of hydrogen-bond donors (Lipinski definition) is 1. The maximum absolute atomic E-state index is 14.0. The second kappa shape index (κ2) is 7.29. The molecule has 4 aromatic rings. The molecule has 4 aromatic carbocycles. The third-order valence-corrected chi connectivity index (χ3v) is 4.52. The van der Waals surface area contributed by atoms with Gasteiger partial charge in [0.25, 0.3) is 5.91 Å². The van der Waals surface area contributed by atoms with Crippen LogP contribution < -0.4 is 5.43 Å². The van der Waals surface area contributed by atoms with E-state index < -0.39 is 11.7 Å². The summed E-state index contributed by atoms with van der Waals surface area (Å²) in [7, 11) is 0. The second-order valence-corrected chi connectivity index (χ2v) is 6.24. The van der Waals surface area contributed by atoms with Gasteiger partial charge in [0, 0.05) is 5.56 Å². The van der Waals surface area contributed by atoms with Crippen molar-refractivity contribution in [3.63, 3.8) is 0 Å². The number of amides is 1. The van der Waals surface area contributed by atoms with Crippen LogP contribution >= 0.6 is 0 Å². The lowest BCUT2D eigenvalue weighted by Crippen LogP contribution is -2.19. The molecule has 4 rings (SSSR count). The summed E-state index contributed by atoms with van der Waals surface area (Å²) in [4.78, 5) is 12.2. The molecule has 1 amide bonds. The van der Waals surface area contributed by atoms with Gasteiger partial charge >= 0.3 is 0 Å². The summed E-state index contributed by atoms with van der Waals surface area (Å²) in [6.45, 7) is 0. The number of fused-ring (bicyclic) bond motifs is 2. The summed E-state index contributed by atoms with van der Waals surface area (Å²) in [5, 5.41) is 17.0. The van der Waals surface area contributed by atoms with Crippen molar-refractivity contribution in [1.29, 1.82) is 5.26 Å². The van der Waals surface area contributed by atoms with Gasteiger partial charge in [-0.3, -0.25) is 4.79 Å². The van der Waals surface area contributed by atoms with Crippen molar-refractivity contribution in [2.24, 2.45) is 5.10 Å². The first kappa shape index (κ1) is 17.4. The van der Waals surface area contributed by atoms with Crippen LogP contribution in [0.15, 0.2) is 77.9 Å². The molecule has 28 heavy (non-hydrogen) atoms. The fraction of sp³-hybridized carbons (Fsp3) is 0. The Morgan fingerprint density at radius 3 is 2.21 bits per heavy atom. The first-order valence-electron chi connectivity index (χ1n) is 8.61. The van der Waals surface area contributed by atoms with Crippen LogP contribution in [0.4, 0.5) is 4.39 Å². The Morgan fingerprint density at radius 2 is 1.61 bits per heavy atom. The number of carbonyl (C=O) groups is 1. The van der Waals surface area contributed by atoms with Crippen molar-refractivity contribution in [1.82, 2.24) is 5.43 Å². The molecule has 0 saturated carbocycles. The molecule has 0 saturated heterocycles. The van der Waals surface area contributed by atoms with E-state index >= 15 is 0 Å². The normalized spacial score (nSPS) is 11.0. The number of rotatable bonds is 3. The van der Waals surface area contributed by atoms with Crippen LogP contribution in [0.25, 0.3) is 21.5 Å². The van der Waals surface area contributed by atoms with Gasteiger partial charge in [-0.25, -0.2) is 9.82 Å². The van der Waals surface area contributed by atoms with Gasteiger partial charge in [0.1, 0.15) is 5.82 Å². The molecular formula is C23H14FN3O. The molecule has 0 atom stereocenters. The molecule has 0 aliphatic heterocycles. The van der Waals surface area contributed by atoms with Gasteiger partial charge in [0.15, 0.2) is 0 Å². The predicted molar refractivity (Wildman–Crippen MR) is 108 cm³/mol. The summed E-state index contributed by atoms with van der Waals surface area (Å²) in [6.07, 6.45) is 1.57. The molecule has 0 unspecified atom stereocenters. The van der Waals surface area contributed by atoms with Gasteiger partial charge in [-0.15, -0.1) is 0 Å². The molecule has 0 spiro atoms. The fourth-order valence-electron chi connectivity index (χ4n) is 3.17. The molecule has 0 radical (unpaired) electrons. The Hall–Kier alpha value is -4.04. The molecule has 0 heterocycles. The van der Waals surface area contributed by atoms with E-state index in [-0.39, 0.29) is 11.1 Å². The molecule has 0 aliphatic rings. The van der Waals surface area contributed by atoms with Crippen LogP contribution in [0.3, 0.4) is 0 Å². The molecule has 5 heteroatoms. The lowest BCUT2D eigenvalue weighted by Gasteiger charge is -2.08. The number of benzene rings is 4. The fourth-order valence-corrected chi connectivity index (χ4v) is 3.17. The van der Waals surface area contributed by atoms with Gasteiger partial charge in [-0.2, -0.15) is 10.4 Å². The minimum Gasteiger partial charge on any atom is -0.267 e. The number of nitrogens with one attached hydrogen (secondary N) is 1. The van der Waals surface area contributed by atoms with Gasteiger partial charge < -0.3 is 0 Å². The van der Waals surface area contributed by atoms with Crippen LogP contribution in [-0.4, -0.2) is 12.1 Å². The molecule has 1 N–H and O–H groups in total. The number of hydrogen-bond acceptors (Lipinski definition) is 3. The summed E-state index contributed by atoms with van der Waals surface area (Å²) in [5.41, 5.74) is 3.22. The summed E-state index contributed by atoms with van der Waals surface area (Å²) >= 11 is 0. The lowest BCUT2D eigenvalue weighted by molar-refractivity contribution is 0.0951. The summed E-state index contributed by atoms with van der Waals surface area (Å²) < 4.78 is 14.0. The molecule has 134 valence electrons. The second-order valence-electron chi connectivity index (χ2n) is 6.24. The first-order chi connectivity index (χ1) is 13.7. The average molecular weight is 367 g/mol. The SMILES string of the molecule is N#Cc1ccc(C(=O)N/N=C/c2c3ccccc3cc3ccccc23)c(F)c1. The molecule has 0 fully saturated rings. The van der Waals surface area contributed by atoms with E-state index in [2.05, 4.69) is 16.6 Å². The van der Waals surface area contributed by atoms with Crippen molar-refractivity contribution >= 4 is 33.7 Å². The zero-order valence-corrected chi connectivity index (χ0v) is 14.7. The zero-order valence-electron chi connectivity index (χ0n) is 14.7.